The number of nitrogens with one attached hydrogen (secondary N) is 1. The largest absolute Gasteiger partial charge is 0.327 e. The topological polar surface area (TPSA) is 92.5 Å². The Bertz CT molecular complexity index is 719. The van der Waals surface area contributed by atoms with Crippen molar-refractivity contribution in [1.82, 2.24) is 4.31 Å². The Balaban J connectivity index is 2.30. The van der Waals surface area contributed by atoms with Gasteiger partial charge in [0.15, 0.2) is 0 Å². The van der Waals surface area contributed by atoms with Crippen LogP contribution in [-0.4, -0.2) is 37.8 Å². The summed E-state index contributed by atoms with van der Waals surface area (Å²) < 4.78 is 27.1. The molecule has 0 aliphatic carbocycles. The zero-order valence-electron chi connectivity index (χ0n) is 13.5. The molecule has 0 aromatic heterocycles. The predicted octanol–water partition coefficient (Wildman–Crippen LogP) is 2.05. The van der Waals surface area contributed by atoms with E-state index in [-0.39, 0.29) is 27.3 Å². The maximum absolute atomic E-state index is 12.8. The summed E-state index contributed by atoms with van der Waals surface area (Å²) in [5, 5.41) is 2.74. The highest BCUT2D eigenvalue weighted by Gasteiger charge is 2.38. The van der Waals surface area contributed by atoms with Gasteiger partial charge < -0.3 is 11.1 Å². The van der Waals surface area contributed by atoms with E-state index in [1.54, 1.807) is 0 Å². The van der Waals surface area contributed by atoms with Crippen LogP contribution in [0.2, 0.25) is 5.02 Å². The molecular weight excluding hydrogens is 338 g/mol. The highest BCUT2D eigenvalue weighted by Crippen LogP contribution is 2.33. The third-order valence-electron chi connectivity index (χ3n) is 4.17. The Morgan fingerprint density at radius 1 is 1.43 bits per heavy atom. The van der Waals surface area contributed by atoms with Crippen LogP contribution in [0.4, 0.5) is 5.69 Å². The van der Waals surface area contributed by atoms with Crippen molar-refractivity contribution in [3.05, 3.63) is 23.2 Å². The molecule has 6 nitrogen and oxygen atoms in total. The number of nitrogens with zero attached hydrogens (tertiary/aromatic N) is 1. The molecule has 0 bridgehead atoms. The van der Waals surface area contributed by atoms with E-state index in [1.807, 2.05) is 13.8 Å². The molecule has 8 heteroatoms. The summed E-state index contributed by atoms with van der Waals surface area (Å²) in [6, 6.07) is 4.29. The zero-order valence-corrected chi connectivity index (χ0v) is 15.0. The Hall–Kier alpha value is -1.15. The lowest BCUT2D eigenvalue weighted by molar-refractivity contribution is -0.114. The van der Waals surface area contributed by atoms with Gasteiger partial charge in [-0.1, -0.05) is 25.4 Å². The van der Waals surface area contributed by atoms with E-state index in [2.05, 4.69) is 5.32 Å². The minimum atomic E-state index is -3.64. The molecule has 0 radical (unpaired) electrons. The summed E-state index contributed by atoms with van der Waals surface area (Å²) in [5.41, 5.74) is 6.17. The number of nitrogens with two attached hydrogens (primary N) is 1. The number of piperidine rings is 1. The van der Waals surface area contributed by atoms with Crippen LogP contribution in [-0.2, 0) is 14.8 Å². The molecule has 1 atom stereocenters. The molecule has 1 aliphatic heterocycles. The summed E-state index contributed by atoms with van der Waals surface area (Å²) in [5.74, 6) is -0.269. The van der Waals surface area contributed by atoms with Gasteiger partial charge in [-0.3, -0.25) is 4.79 Å². The highest BCUT2D eigenvalue weighted by molar-refractivity contribution is 7.89. The van der Waals surface area contributed by atoms with E-state index in [0.717, 1.165) is 0 Å². The number of sulfonamides is 1. The summed E-state index contributed by atoms with van der Waals surface area (Å²) >= 11 is 6.08. The van der Waals surface area contributed by atoms with Crippen molar-refractivity contribution >= 4 is 33.2 Å². The molecule has 1 fully saturated rings. The van der Waals surface area contributed by atoms with Gasteiger partial charge in [0.2, 0.25) is 15.9 Å². The van der Waals surface area contributed by atoms with Crippen LogP contribution in [0.5, 0.6) is 0 Å². The summed E-state index contributed by atoms with van der Waals surface area (Å²) in [4.78, 5) is 11.2. The van der Waals surface area contributed by atoms with Crippen LogP contribution >= 0.6 is 11.6 Å². The van der Waals surface area contributed by atoms with E-state index >= 15 is 0 Å². The lowest BCUT2D eigenvalue weighted by atomic mass is 9.81. The van der Waals surface area contributed by atoms with Crippen molar-refractivity contribution < 1.29 is 13.2 Å². The van der Waals surface area contributed by atoms with Gasteiger partial charge in [0, 0.05) is 26.1 Å². The zero-order chi connectivity index (χ0) is 17.4. The highest BCUT2D eigenvalue weighted by atomic mass is 35.5. The average molecular weight is 360 g/mol. The smallest absolute Gasteiger partial charge is 0.243 e. The SMILES string of the molecule is CC(=O)Nc1ccc(S(=O)(=O)N2CCC(N)C(C)(C)C2)cc1Cl. The Morgan fingerprint density at radius 2 is 2.09 bits per heavy atom. The van der Waals surface area contributed by atoms with E-state index in [9.17, 15) is 13.2 Å². The second kappa shape index (κ2) is 6.39. The van der Waals surface area contributed by atoms with Gasteiger partial charge in [-0.15, -0.1) is 0 Å². The van der Waals surface area contributed by atoms with Crippen molar-refractivity contribution in [3.63, 3.8) is 0 Å². The molecule has 23 heavy (non-hydrogen) atoms. The second-order valence-corrected chi connectivity index (χ2v) is 8.89. The van der Waals surface area contributed by atoms with Gasteiger partial charge in [0.1, 0.15) is 0 Å². The first-order valence-electron chi connectivity index (χ1n) is 7.37. The van der Waals surface area contributed by atoms with Gasteiger partial charge >= 0.3 is 0 Å². The molecule has 0 spiro atoms. The molecule has 1 aromatic rings. The standard InChI is InChI=1S/C15H22ClN3O3S/c1-10(20)18-13-5-4-11(8-12(13)16)23(21,22)19-7-6-14(17)15(2,3)9-19/h4-5,8,14H,6-7,9,17H2,1-3H3,(H,18,20). The first kappa shape index (κ1) is 18.2. The molecule has 128 valence electrons. The number of anilines is 1. The quantitative estimate of drug-likeness (QED) is 0.863. The lowest BCUT2D eigenvalue weighted by Gasteiger charge is -2.41. The Morgan fingerprint density at radius 3 is 2.61 bits per heavy atom. The number of rotatable bonds is 3. The normalized spacial score (nSPS) is 21.9. The Labute approximate surface area is 142 Å². The van der Waals surface area contributed by atoms with E-state index < -0.39 is 10.0 Å². The number of amides is 1. The van der Waals surface area contributed by atoms with Crippen LogP contribution in [0.1, 0.15) is 27.2 Å². The molecule has 3 N–H and O–H groups in total. The molecule has 1 heterocycles. The summed E-state index contributed by atoms with van der Waals surface area (Å²) in [7, 11) is -3.64. The molecule has 0 saturated carbocycles. The molecule has 1 aliphatic rings. The van der Waals surface area contributed by atoms with Crippen LogP contribution in [0.15, 0.2) is 23.1 Å². The summed E-state index contributed by atoms with van der Waals surface area (Å²) in [6.45, 7) is 6.04. The van der Waals surface area contributed by atoms with Crippen molar-refractivity contribution in [3.8, 4) is 0 Å². The number of hydrogen-bond acceptors (Lipinski definition) is 4. The fourth-order valence-corrected chi connectivity index (χ4v) is 4.57. The van der Waals surface area contributed by atoms with Crippen molar-refractivity contribution in [2.45, 2.75) is 38.1 Å². The van der Waals surface area contributed by atoms with E-state index in [1.165, 1.54) is 29.4 Å². The number of halogens is 1. The maximum atomic E-state index is 12.8. The first-order valence-corrected chi connectivity index (χ1v) is 9.19. The van der Waals surface area contributed by atoms with Crippen LogP contribution in [0.25, 0.3) is 0 Å². The Kier molecular flexibility index (Phi) is 5.06. The van der Waals surface area contributed by atoms with Crippen LogP contribution < -0.4 is 11.1 Å². The van der Waals surface area contributed by atoms with E-state index in [4.69, 9.17) is 17.3 Å². The van der Waals surface area contributed by atoms with Crippen molar-refractivity contribution in [1.29, 1.82) is 0 Å². The molecule has 1 aromatic carbocycles. The van der Waals surface area contributed by atoms with Gasteiger partial charge in [-0.05, 0) is 30.0 Å². The van der Waals surface area contributed by atoms with E-state index in [0.29, 0.717) is 25.2 Å². The maximum Gasteiger partial charge on any atom is 0.243 e. The van der Waals surface area contributed by atoms with Crippen LogP contribution in [0.3, 0.4) is 0 Å². The predicted molar refractivity (Wildman–Crippen MR) is 90.9 cm³/mol. The number of hydrogen-bond donors (Lipinski definition) is 2. The third kappa shape index (κ3) is 3.85. The summed E-state index contributed by atoms with van der Waals surface area (Å²) in [6.07, 6.45) is 0.615. The molecule has 2 rings (SSSR count). The van der Waals surface area contributed by atoms with Gasteiger partial charge in [0.25, 0.3) is 0 Å². The molecular formula is C15H22ClN3O3S. The fraction of sp³-hybridized carbons (Fsp3) is 0.533. The number of benzene rings is 1. The first-order chi connectivity index (χ1) is 10.5. The molecule has 1 unspecified atom stereocenters. The minimum absolute atomic E-state index is 0.0281. The van der Waals surface area contributed by atoms with Gasteiger partial charge in [-0.25, -0.2) is 8.42 Å². The fourth-order valence-electron chi connectivity index (χ4n) is 2.63. The second-order valence-electron chi connectivity index (χ2n) is 6.55. The molecule has 1 saturated heterocycles. The molecule has 1 amide bonds. The van der Waals surface area contributed by atoms with Gasteiger partial charge in [0.05, 0.1) is 15.6 Å². The van der Waals surface area contributed by atoms with Crippen molar-refractivity contribution in [2.24, 2.45) is 11.1 Å². The minimum Gasteiger partial charge on any atom is -0.327 e. The van der Waals surface area contributed by atoms with Crippen molar-refractivity contribution in [2.75, 3.05) is 18.4 Å². The lowest BCUT2D eigenvalue weighted by Crippen LogP contribution is -2.53. The van der Waals surface area contributed by atoms with Crippen LogP contribution in [0, 0.1) is 5.41 Å². The number of carbonyl (C=O) groups excluding carboxylic acids is 1. The third-order valence-corrected chi connectivity index (χ3v) is 6.32. The van der Waals surface area contributed by atoms with Gasteiger partial charge in [-0.2, -0.15) is 4.31 Å². The monoisotopic (exact) mass is 359 g/mol. The number of carbonyl (C=O) groups is 1. The average Bonchev–Trinajstić information content (AvgIpc) is 2.43.